The van der Waals surface area contributed by atoms with Crippen molar-refractivity contribution in [2.45, 2.75) is 97.4 Å². The number of amides is 1. The average molecular weight is 341 g/mol. The molecule has 0 saturated heterocycles. The first kappa shape index (κ1) is 19.5. The number of ether oxygens (including phenoxy) is 1. The summed E-state index contributed by atoms with van der Waals surface area (Å²) in [4.78, 5) is 11.8. The maximum atomic E-state index is 11.8. The van der Waals surface area contributed by atoms with E-state index >= 15 is 0 Å². The van der Waals surface area contributed by atoms with E-state index in [1.807, 2.05) is 20.8 Å². The van der Waals surface area contributed by atoms with Gasteiger partial charge in [-0.05, 0) is 63.7 Å². The molecule has 1 amide bonds. The third-order valence-corrected chi connectivity index (χ3v) is 4.99. The number of carbonyl (C=O) groups is 1. The zero-order valence-corrected chi connectivity index (χ0v) is 16.2. The van der Waals surface area contributed by atoms with E-state index in [2.05, 4.69) is 31.4 Å². The van der Waals surface area contributed by atoms with E-state index in [0.29, 0.717) is 11.5 Å². The van der Waals surface area contributed by atoms with E-state index in [1.54, 1.807) is 0 Å². The van der Waals surface area contributed by atoms with Crippen LogP contribution in [0.15, 0.2) is 0 Å². The molecule has 5 heteroatoms. The SMILES string of the molecule is CC(C)(C)C[C@H](CO)NC1CC2(CC(NC(=O)OC(C)(C)C)C2)C1. The van der Waals surface area contributed by atoms with Crippen LogP contribution >= 0.6 is 0 Å². The van der Waals surface area contributed by atoms with E-state index in [-0.39, 0.29) is 30.2 Å². The van der Waals surface area contributed by atoms with Crippen LogP contribution in [-0.2, 0) is 4.74 Å². The quantitative estimate of drug-likeness (QED) is 0.719. The predicted molar refractivity (Wildman–Crippen MR) is 95.9 cm³/mol. The third-order valence-electron chi connectivity index (χ3n) is 4.99. The Bertz CT molecular complexity index is 437. The molecule has 3 N–H and O–H groups in total. The van der Waals surface area contributed by atoms with Crippen LogP contribution in [-0.4, -0.2) is 41.5 Å². The second kappa shape index (κ2) is 6.83. The number of carbonyl (C=O) groups excluding carboxylic acids is 1. The van der Waals surface area contributed by atoms with Gasteiger partial charge in [0.25, 0.3) is 0 Å². The van der Waals surface area contributed by atoms with Crippen molar-refractivity contribution in [3.63, 3.8) is 0 Å². The third kappa shape index (κ3) is 5.62. The highest BCUT2D eigenvalue weighted by Crippen LogP contribution is 2.56. The van der Waals surface area contributed by atoms with Crippen molar-refractivity contribution in [2.24, 2.45) is 10.8 Å². The zero-order chi connectivity index (χ0) is 18.2. The summed E-state index contributed by atoms with van der Waals surface area (Å²) in [5.41, 5.74) is 0.184. The van der Waals surface area contributed by atoms with Gasteiger partial charge in [0.15, 0.2) is 0 Å². The number of alkyl carbamates (subject to hydrolysis) is 1. The lowest BCUT2D eigenvalue weighted by Crippen LogP contribution is -2.62. The molecule has 1 atom stereocenters. The minimum atomic E-state index is -0.441. The molecule has 0 bridgehead atoms. The lowest BCUT2D eigenvalue weighted by atomic mass is 9.52. The molecule has 0 unspecified atom stereocenters. The molecule has 0 aromatic heterocycles. The molecule has 1 spiro atoms. The summed E-state index contributed by atoms with van der Waals surface area (Å²) in [6.45, 7) is 12.5. The number of hydrogen-bond donors (Lipinski definition) is 3. The molecule has 0 aromatic rings. The summed E-state index contributed by atoms with van der Waals surface area (Å²) < 4.78 is 5.31. The fourth-order valence-electron chi connectivity index (χ4n) is 4.25. The van der Waals surface area contributed by atoms with Gasteiger partial charge in [0, 0.05) is 18.1 Å². The number of nitrogens with one attached hydrogen (secondary N) is 2. The van der Waals surface area contributed by atoms with E-state index in [4.69, 9.17) is 4.74 Å². The smallest absolute Gasteiger partial charge is 0.407 e. The molecule has 0 aromatic carbocycles. The Kier molecular flexibility index (Phi) is 5.55. The number of rotatable bonds is 5. The Balaban J connectivity index is 1.66. The monoisotopic (exact) mass is 340 g/mol. The maximum absolute atomic E-state index is 11.8. The van der Waals surface area contributed by atoms with Gasteiger partial charge in [-0.3, -0.25) is 0 Å². The van der Waals surface area contributed by atoms with Gasteiger partial charge in [-0.15, -0.1) is 0 Å². The van der Waals surface area contributed by atoms with Crippen LogP contribution in [0.4, 0.5) is 4.79 Å². The lowest BCUT2D eigenvalue weighted by molar-refractivity contribution is -0.0386. The van der Waals surface area contributed by atoms with Gasteiger partial charge in [-0.1, -0.05) is 20.8 Å². The summed E-state index contributed by atoms with van der Waals surface area (Å²) in [5, 5.41) is 16.1. The highest BCUT2D eigenvalue weighted by atomic mass is 16.6. The molecule has 2 fully saturated rings. The van der Waals surface area contributed by atoms with Gasteiger partial charge < -0.3 is 20.5 Å². The molecule has 0 heterocycles. The van der Waals surface area contributed by atoms with Gasteiger partial charge in [-0.25, -0.2) is 4.79 Å². The van der Waals surface area contributed by atoms with Crippen molar-refractivity contribution in [3.05, 3.63) is 0 Å². The van der Waals surface area contributed by atoms with E-state index in [0.717, 1.165) is 32.1 Å². The lowest BCUT2D eigenvalue weighted by Gasteiger charge is -2.58. The Morgan fingerprint density at radius 2 is 1.67 bits per heavy atom. The second-order valence-corrected chi connectivity index (χ2v) is 10.2. The maximum Gasteiger partial charge on any atom is 0.407 e. The van der Waals surface area contributed by atoms with Crippen LogP contribution in [0.25, 0.3) is 0 Å². The van der Waals surface area contributed by atoms with Crippen LogP contribution in [0, 0.1) is 10.8 Å². The van der Waals surface area contributed by atoms with Crippen molar-refractivity contribution < 1.29 is 14.6 Å². The zero-order valence-electron chi connectivity index (χ0n) is 16.2. The Morgan fingerprint density at radius 1 is 1.12 bits per heavy atom. The van der Waals surface area contributed by atoms with Crippen LogP contribution < -0.4 is 10.6 Å². The van der Waals surface area contributed by atoms with Crippen molar-refractivity contribution in [1.29, 1.82) is 0 Å². The predicted octanol–water partition coefficient (Wildman–Crippen LogP) is 3.21. The Morgan fingerprint density at radius 3 is 2.12 bits per heavy atom. The van der Waals surface area contributed by atoms with Crippen LogP contribution in [0.3, 0.4) is 0 Å². The molecular weight excluding hydrogens is 304 g/mol. The minimum absolute atomic E-state index is 0.183. The summed E-state index contributed by atoms with van der Waals surface area (Å²) in [6.07, 6.45) is 5.08. The molecule has 2 saturated carbocycles. The summed E-state index contributed by atoms with van der Waals surface area (Å²) in [5.74, 6) is 0. The van der Waals surface area contributed by atoms with Crippen molar-refractivity contribution in [2.75, 3.05) is 6.61 Å². The molecule has 140 valence electrons. The summed E-state index contributed by atoms with van der Waals surface area (Å²) >= 11 is 0. The molecule has 24 heavy (non-hydrogen) atoms. The first-order valence-electron chi connectivity index (χ1n) is 9.26. The largest absolute Gasteiger partial charge is 0.444 e. The number of aliphatic hydroxyl groups is 1. The molecule has 0 aliphatic heterocycles. The molecular formula is C19H36N2O3. The van der Waals surface area contributed by atoms with Crippen molar-refractivity contribution >= 4 is 6.09 Å². The van der Waals surface area contributed by atoms with E-state index in [9.17, 15) is 9.90 Å². The van der Waals surface area contributed by atoms with Gasteiger partial charge in [-0.2, -0.15) is 0 Å². The van der Waals surface area contributed by atoms with Gasteiger partial charge in [0.2, 0.25) is 0 Å². The highest BCUT2D eigenvalue weighted by Gasteiger charge is 2.53. The minimum Gasteiger partial charge on any atom is -0.444 e. The van der Waals surface area contributed by atoms with Crippen LogP contribution in [0.5, 0.6) is 0 Å². The molecule has 0 radical (unpaired) electrons. The van der Waals surface area contributed by atoms with Crippen molar-refractivity contribution in [3.8, 4) is 0 Å². The average Bonchev–Trinajstić information content (AvgIpc) is 2.28. The second-order valence-electron chi connectivity index (χ2n) is 10.2. The molecule has 5 nitrogen and oxygen atoms in total. The first-order valence-corrected chi connectivity index (χ1v) is 9.26. The van der Waals surface area contributed by atoms with Gasteiger partial charge >= 0.3 is 6.09 Å². The molecule has 2 aliphatic carbocycles. The Hall–Kier alpha value is -0.810. The number of hydrogen-bond acceptors (Lipinski definition) is 4. The summed E-state index contributed by atoms with van der Waals surface area (Å²) in [7, 11) is 0. The highest BCUT2D eigenvalue weighted by molar-refractivity contribution is 5.68. The van der Waals surface area contributed by atoms with Crippen LogP contribution in [0.1, 0.15) is 73.6 Å². The standard InChI is InChI=1S/C19H36N2O3/c1-17(2,3)7-15(12-22)20-13-8-19(9-13)10-14(11-19)21-16(23)24-18(4,5)6/h13-15,20,22H,7-12H2,1-6H3,(H,21,23)/t13?,14?,15-,19?/m1/s1. The summed E-state index contributed by atoms with van der Waals surface area (Å²) in [6, 6.07) is 0.944. The fraction of sp³-hybridized carbons (Fsp3) is 0.947. The topological polar surface area (TPSA) is 70.6 Å². The first-order chi connectivity index (χ1) is 10.9. The normalized spacial score (nSPS) is 31.1. The fourth-order valence-corrected chi connectivity index (χ4v) is 4.25. The van der Waals surface area contributed by atoms with Crippen LogP contribution in [0.2, 0.25) is 0 Å². The van der Waals surface area contributed by atoms with Gasteiger partial charge in [0.05, 0.1) is 6.61 Å². The number of aliphatic hydroxyl groups excluding tert-OH is 1. The Labute approximate surface area is 146 Å². The van der Waals surface area contributed by atoms with E-state index in [1.165, 1.54) is 0 Å². The molecule has 2 aliphatic rings. The van der Waals surface area contributed by atoms with Gasteiger partial charge in [0.1, 0.15) is 5.60 Å². The van der Waals surface area contributed by atoms with Crippen molar-refractivity contribution in [1.82, 2.24) is 10.6 Å². The van der Waals surface area contributed by atoms with E-state index < -0.39 is 5.60 Å². The molecule has 2 rings (SSSR count).